The van der Waals surface area contributed by atoms with Crippen molar-refractivity contribution < 1.29 is 0 Å². The molecule has 2 nitrogen and oxygen atoms in total. The van der Waals surface area contributed by atoms with Gasteiger partial charge in [-0.25, -0.2) is 0 Å². The average molecular weight is 224 g/mol. The highest BCUT2D eigenvalue weighted by atomic mass is 32.1. The summed E-state index contributed by atoms with van der Waals surface area (Å²) in [6.07, 6.45) is 3.87. The SMILES string of the molecule is CCC1(CNCc2cccs2)CCCN1. The van der Waals surface area contributed by atoms with Crippen LogP contribution in [0.5, 0.6) is 0 Å². The maximum atomic E-state index is 3.64. The Labute approximate surface area is 96.1 Å². The van der Waals surface area contributed by atoms with Crippen LogP contribution in [-0.4, -0.2) is 18.6 Å². The summed E-state index contributed by atoms with van der Waals surface area (Å²) < 4.78 is 0. The van der Waals surface area contributed by atoms with Crippen LogP contribution in [0, 0.1) is 0 Å². The van der Waals surface area contributed by atoms with Crippen molar-refractivity contribution in [3.8, 4) is 0 Å². The highest BCUT2D eigenvalue weighted by molar-refractivity contribution is 7.09. The van der Waals surface area contributed by atoms with Crippen LogP contribution in [0.4, 0.5) is 0 Å². The van der Waals surface area contributed by atoms with E-state index < -0.39 is 0 Å². The van der Waals surface area contributed by atoms with Crippen LogP contribution in [0.2, 0.25) is 0 Å². The molecule has 1 atom stereocenters. The lowest BCUT2D eigenvalue weighted by atomic mass is 9.94. The van der Waals surface area contributed by atoms with Crippen molar-refractivity contribution >= 4 is 11.3 Å². The number of rotatable bonds is 5. The summed E-state index contributed by atoms with van der Waals surface area (Å²) in [5.74, 6) is 0. The molecule has 2 rings (SSSR count). The fraction of sp³-hybridized carbons (Fsp3) is 0.667. The fourth-order valence-electron chi connectivity index (χ4n) is 2.28. The lowest BCUT2D eigenvalue weighted by Crippen LogP contribution is -2.47. The molecule has 1 aromatic rings. The molecule has 1 aliphatic rings. The first-order chi connectivity index (χ1) is 7.35. The maximum Gasteiger partial charge on any atom is 0.0304 e. The molecule has 0 spiro atoms. The third-order valence-electron chi connectivity index (χ3n) is 3.35. The van der Waals surface area contributed by atoms with Gasteiger partial charge in [-0.15, -0.1) is 11.3 Å². The molecule has 15 heavy (non-hydrogen) atoms. The van der Waals surface area contributed by atoms with Crippen LogP contribution in [-0.2, 0) is 6.54 Å². The molecule has 3 heteroatoms. The van der Waals surface area contributed by atoms with Crippen LogP contribution < -0.4 is 10.6 Å². The molecular weight excluding hydrogens is 204 g/mol. The van der Waals surface area contributed by atoms with Gasteiger partial charge in [-0.05, 0) is 37.3 Å². The van der Waals surface area contributed by atoms with Crippen LogP contribution in [0.25, 0.3) is 0 Å². The lowest BCUT2D eigenvalue weighted by Gasteiger charge is -2.28. The van der Waals surface area contributed by atoms with Crippen LogP contribution in [0.3, 0.4) is 0 Å². The van der Waals surface area contributed by atoms with Gasteiger partial charge in [0.2, 0.25) is 0 Å². The molecule has 0 saturated carbocycles. The minimum Gasteiger partial charge on any atom is -0.310 e. The molecule has 0 amide bonds. The van der Waals surface area contributed by atoms with Gasteiger partial charge in [0.25, 0.3) is 0 Å². The molecule has 1 aromatic heterocycles. The Bertz CT molecular complexity index is 276. The van der Waals surface area contributed by atoms with E-state index in [-0.39, 0.29) is 0 Å². The Morgan fingerprint density at radius 2 is 2.53 bits per heavy atom. The monoisotopic (exact) mass is 224 g/mol. The minimum atomic E-state index is 0.372. The van der Waals surface area contributed by atoms with Crippen molar-refractivity contribution in [3.63, 3.8) is 0 Å². The number of nitrogens with one attached hydrogen (secondary N) is 2. The third-order valence-corrected chi connectivity index (χ3v) is 4.23. The molecule has 0 aliphatic carbocycles. The Kier molecular flexibility index (Phi) is 3.78. The predicted octanol–water partition coefficient (Wildman–Crippen LogP) is 2.37. The van der Waals surface area contributed by atoms with E-state index in [0.29, 0.717) is 5.54 Å². The van der Waals surface area contributed by atoms with Crippen molar-refractivity contribution in [2.45, 2.75) is 38.3 Å². The zero-order valence-corrected chi connectivity index (χ0v) is 10.2. The molecule has 1 fully saturated rings. The van der Waals surface area contributed by atoms with Gasteiger partial charge in [-0.1, -0.05) is 13.0 Å². The summed E-state index contributed by atoms with van der Waals surface area (Å²) in [5, 5.41) is 9.35. The van der Waals surface area contributed by atoms with Crippen molar-refractivity contribution in [3.05, 3.63) is 22.4 Å². The average Bonchev–Trinajstić information content (AvgIpc) is 2.89. The van der Waals surface area contributed by atoms with E-state index >= 15 is 0 Å². The van der Waals surface area contributed by atoms with Gasteiger partial charge in [0.1, 0.15) is 0 Å². The quantitative estimate of drug-likeness (QED) is 0.802. The first kappa shape index (κ1) is 11.1. The Balaban J connectivity index is 1.77. The summed E-state index contributed by atoms with van der Waals surface area (Å²) in [4.78, 5) is 1.43. The van der Waals surface area contributed by atoms with Crippen LogP contribution in [0.1, 0.15) is 31.1 Å². The zero-order chi connectivity index (χ0) is 10.6. The van der Waals surface area contributed by atoms with Crippen LogP contribution in [0.15, 0.2) is 17.5 Å². The van der Waals surface area contributed by atoms with Gasteiger partial charge >= 0.3 is 0 Å². The predicted molar refractivity (Wildman–Crippen MR) is 66.3 cm³/mol. The maximum absolute atomic E-state index is 3.64. The highest BCUT2D eigenvalue weighted by Crippen LogP contribution is 2.22. The van der Waals surface area contributed by atoms with Crippen molar-refractivity contribution in [2.24, 2.45) is 0 Å². The van der Waals surface area contributed by atoms with Crippen molar-refractivity contribution in [2.75, 3.05) is 13.1 Å². The molecular formula is C12H20N2S. The van der Waals surface area contributed by atoms with Crippen LogP contribution >= 0.6 is 11.3 Å². The second kappa shape index (κ2) is 5.10. The summed E-state index contributed by atoms with van der Waals surface area (Å²) in [6.45, 7) is 5.59. The lowest BCUT2D eigenvalue weighted by molar-refractivity contribution is 0.340. The first-order valence-electron chi connectivity index (χ1n) is 5.83. The highest BCUT2D eigenvalue weighted by Gasteiger charge is 2.30. The minimum absolute atomic E-state index is 0.372. The topological polar surface area (TPSA) is 24.1 Å². The molecule has 1 unspecified atom stereocenters. The molecule has 84 valence electrons. The van der Waals surface area contributed by atoms with Crippen molar-refractivity contribution in [1.29, 1.82) is 0 Å². The van der Waals surface area contributed by atoms with Crippen molar-refractivity contribution in [1.82, 2.24) is 10.6 Å². The zero-order valence-electron chi connectivity index (χ0n) is 9.38. The largest absolute Gasteiger partial charge is 0.310 e. The van der Waals surface area contributed by atoms with Gasteiger partial charge in [0.05, 0.1) is 0 Å². The number of hydrogen-bond acceptors (Lipinski definition) is 3. The summed E-state index contributed by atoms with van der Waals surface area (Å²) >= 11 is 1.83. The number of hydrogen-bond donors (Lipinski definition) is 2. The first-order valence-corrected chi connectivity index (χ1v) is 6.71. The van der Waals surface area contributed by atoms with E-state index in [1.807, 2.05) is 11.3 Å². The molecule has 1 aliphatic heterocycles. The molecule has 0 bridgehead atoms. The standard InChI is InChI=1S/C12H20N2S/c1-2-12(6-4-7-14-12)10-13-9-11-5-3-8-15-11/h3,5,8,13-14H,2,4,6-7,9-10H2,1H3. The number of thiophene rings is 1. The molecule has 1 saturated heterocycles. The summed E-state index contributed by atoms with van der Waals surface area (Å²) in [7, 11) is 0. The molecule has 0 aromatic carbocycles. The van der Waals surface area contributed by atoms with E-state index in [0.717, 1.165) is 13.1 Å². The van der Waals surface area contributed by atoms with E-state index in [2.05, 4.69) is 35.1 Å². The van der Waals surface area contributed by atoms with Gasteiger partial charge in [0, 0.05) is 23.5 Å². The van der Waals surface area contributed by atoms with E-state index in [1.165, 1.54) is 30.7 Å². The normalized spacial score (nSPS) is 25.9. The summed E-state index contributed by atoms with van der Waals surface area (Å²) in [5.41, 5.74) is 0.372. The van der Waals surface area contributed by atoms with Gasteiger partial charge in [-0.2, -0.15) is 0 Å². The Morgan fingerprint density at radius 3 is 3.13 bits per heavy atom. The van der Waals surface area contributed by atoms with Gasteiger partial charge < -0.3 is 10.6 Å². The molecule has 2 heterocycles. The van der Waals surface area contributed by atoms with E-state index in [9.17, 15) is 0 Å². The molecule has 0 radical (unpaired) electrons. The second-order valence-electron chi connectivity index (χ2n) is 4.35. The van der Waals surface area contributed by atoms with Gasteiger partial charge in [-0.3, -0.25) is 0 Å². The smallest absolute Gasteiger partial charge is 0.0304 e. The third kappa shape index (κ3) is 2.80. The molecule has 2 N–H and O–H groups in total. The van der Waals surface area contributed by atoms with E-state index in [4.69, 9.17) is 0 Å². The Morgan fingerprint density at radius 1 is 1.60 bits per heavy atom. The Hall–Kier alpha value is -0.380. The summed E-state index contributed by atoms with van der Waals surface area (Å²) in [6, 6.07) is 4.31. The fourth-order valence-corrected chi connectivity index (χ4v) is 2.96. The second-order valence-corrected chi connectivity index (χ2v) is 5.38. The van der Waals surface area contributed by atoms with Gasteiger partial charge in [0.15, 0.2) is 0 Å². The van der Waals surface area contributed by atoms with E-state index in [1.54, 1.807) is 0 Å².